The van der Waals surface area contributed by atoms with Gasteiger partial charge >= 0.3 is 0 Å². The van der Waals surface area contributed by atoms with E-state index in [0.29, 0.717) is 17.0 Å². The lowest BCUT2D eigenvalue weighted by atomic mass is 10.1. The number of aryl methyl sites for hydroxylation is 2. The summed E-state index contributed by atoms with van der Waals surface area (Å²) >= 11 is 0. The molecule has 3 aromatic rings. The zero-order chi connectivity index (χ0) is 17.8. The number of ether oxygens (including phenoxy) is 1. The number of carbonyl (C=O) groups is 1. The molecule has 25 heavy (non-hydrogen) atoms. The summed E-state index contributed by atoms with van der Waals surface area (Å²) in [5.74, 6) is -0.129. The largest absolute Gasteiger partial charge is 0.489 e. The van der Waals surface area contributed by atoms with Crippen LogP contribution in [0.15, 0.2) is 48.5 Å². The highest BCUT2D eigenvalue weighted by Crippen LogP contribution is 2.18. The predicted molar refractivity (Wildman–Crippen MR) is 93.2 cm³/mol. The number of nitrogens with one attached hydrogen (secondary N) is 2. The van der Waals surface area contributed by atoms with Crippen LogP contribution >= 0.6 is 0 Å². The van der Waals surface area contributed by atoms with Gasteiger partial charge in [0, 0.05) is 11.6 Å². The summed E-state index contributed by atoms with van der Waals surface area (Å²) in [6.45, 7) is 3.91. The molecule has 0 saturated heterocycles. The average Bonchev–Trinajstić information content (AvgIpc) is 2.92. The number of halogens is 1. The first-order chi connectivity index (χ1) is 12.0. The van der Waals surface area contributed by atoms with E-state index in [1.54, 1.807) is 30.3 Å². The van der Waals surface area contributed by atoms with E-state index < -0.39 is 0 Å². The first-order valence-corrected chi connectivity index (χ1v) is 7.83. The van der Waals surface area contributed by atoms with Crippen molar-refractivity contribution in [2.75, 3.05) is 5.32 Å². The zero-order valence-corrected chi connectivity index (χ0v) is 14.0. The second-order valence-electron chi connectivity index (χ2n) is 5.71. The van der Waals surface area contributed by atoms with E-state index in [2.05, 4.69) is 15.5 Å². The monoisotopic (exact) mass is 339 g/mol. The molecule has 128 valence electrons. The summed E-state index contributed by atoms with van der Waals surface area (Å²) in [7, 11) is 0. The number of amides is 1. The molecule has 0 aliphatic heterocycles. The van der Waals surface area contributed by atoms with Crippen molar-refractivity contribution in [3.05, 3.63) is 76.9 Å². The van der Waals surface area contributed by atoms with Gasteiger partial charge in [0.2, 0.25) is 0 Å². The minimum atomic E-state index is -0.350. The Kier molecular flexibility index (Phi) is 4.79. The van der Waals surface area contributed by atoms with Gasteiger partial charge in [0.1, 0.15) is 18.2 Å². The fourth-order valence-corrected chi connectivity index (χ4v) is 2.45. The van der Waals surface area contributed by atoms with Crippen molar-refractivity contribution < 1.29 is 13.9 Å². The van der Waals surface area contributed by atoms with Crippen LogP contribution in [0.5, 0.6) is 5.75 Å². The molecular formula is C19H18FN3O2. The maximum atomic E-state index is 13.2. The summed E-state index contributed by atoms with van der Waals surface area (Å²) in [6, 6.07) is 13.1. The number of aromatic nitrogens is 2. The Morgan fingerprint density at radius 1 is 1.20 bits per heavy atom. The van der Waals surface area contributed by atoms with E-state index in [4.69, 9.17) is 4.74 Å². The fraction of sp³-hybridized carbons (Fsp3) is 0.158. The van der Waals surface area contributed by atoms with Crippen LogP contribution in [0.3, 0.4) is 0 Å². The summed E-state index contributed by atoms with van der Waals surface area (Å²) in [5, 5.41) is 9.75. The van der Waals surface area contributed by atoms with Crippen LogP contribution in [0.2, 0.25) is 0 Å². The zero-order valence-electron chi connectivity index (χ0n) is 14.0. The minimum Gasteiger partial charge on any atom is -0.489 e. The van der Waals surface area contributed by atoms with Crippen molar-refractivity contribution in [2.45, 2.75) is 20.5 Å². The van der Waals surface area contributed by atoms with Crippen molar-refractivity contribution >= 4 is 11.6 Å². The number of H-pyrrole nitrogens is 1. The highest BCUT2D eigenvalue weighted by Gasteiger charge is 2.12. The first kappa shape index (κ1) is 16.7. The quantitative estimate of drug-likeness (QED) is 0.738. The van der Waals surface area contributed by atoms with Gasteiger partial charge in [0.25, 0.3) is 5.91 Å². The van der Waals surface area contributed by atoms with Crippen LogP contribution in [0.4, 0.5) is 10.1 Å². The molecular weight excluding hydrogens is 321 g/mol. The lowest BCUT2D eigenvalue weighted by molar-refractivity contribution is 0.102. The van der Waals surface area contributed by atoms with Gasteiger partial charge in [-0.1, -0.05) is 18.2 Å². The van der Waals surface area contributed by atoms with Crippen molar-refractivity contribution in [3.63, 3.8) is 0 Å². The van der Waals surface area contributed by atoms with Gasteiger partial charge in [0.05, 0.1) is 17.1 Å². The molecule has 0 atom stereocenters. The summed E-state index contributed by atoms with van der Waals surface area (Å²) in [5.41, 5.74) is 3.55. The average molecular weight is 339 g/mol. The lowest BCUT2D eigenvalue weighted by Crippen LogP contribution is -2.13. The van der Waals surface area contributed by atoms with Crippen LogP contribution in [0.1, 0.15) is 27.3 Å². The Bertz CT molecular complexity index is 886. The number of hydrogen-bond acceptors (Lipinski definition) is 3. The van der Waals surface area contributed by atoms with E-state index >= 15 is 0 Å². The van der Waals surface area contributed by atoms with Gasteiger partial charge in [-0.3, -0.25) is 9.89 Å². The molecule has 0 bridgehead atoms. The topological polar surface area (TPSA) is 67.0 Å². The third-order valence-electron chi connectivity index (χ3n) is 3.76. The van der Waals surface area contributed by atoms with E-state index in [9.17, 15) is 9.18 Å². The summed E-state index contributed by atoms with van der Waals surface area (Å²) < 4.78 is 18.7. The SMILES string of the molecule is Cc1n[nH]c(C)c1NC(=O)c1cccc(COc2cccc(F)c2)c1. The molecule has 1 aromatic heterocycles. The molecule has 0 aliphatic rings. The molecule has 0 fully saturated rings. The lowest BCUT2D eigenvalue weighted by Gasteiger charge is -2.09. The second kappa shape index (κ2) is 7.17. The standard InChI is InChI=1S/C19H18FN3O2/c1-12-18(13(2)23-22-12)21-19(24)15-6-3-5-14(9-15)11-25-17-8-4-7-16(20)10-17/h3-10H,11H2,1-2H3,(H,21,24)(H,22,23). The van der Waals surface area contributed by atoms with Crippen molar-refractivity contribution in [1.82, 2.24) is 10.2 Å². The molecule has 2 N–H and O–H groups in total. The van der Waals surface area contributed by atoms with E-state index in [0.717, 1.165) is 17.0 Å². The van der Waals surface area contributed by atoms with E-state index in [-0.39, 0.29) is 18.3 Å². The summed E-state index contributed by atoms with van der Waals surface area (Å²) in [4.78, 5) is 12.4. The highest BCUT2D eigenvalue weighted by molar-refractivity contribution is 6.04. The van der Waals surface area contributed by atoms with Crippen molar-refractivity contribution in [1.29, 1.82) is 0 Å². The molecule has 0 radical (unpaired) electrons. The number of benzene rings is 2. The molecule has 0 aliphatic carbocycles. The van der Waals surface area contributed by atoms with Crippen molar-refractivity contribution in [3.8, 4) is 5.75 Å². The van der Waals surface area contributed by atoms with Gasteiger partial charge in [0.15, 0.2) is 0 Å². The molecule has 0 unspecified atom stereocenters. The molecule has 2 aromatic carbocycles. The Labute approximate surface area is 144 Å². The molecule has 1 amide bonds. The number of rotatable bonds is 5. The normalized spacial score (nSPS) is 10.5. The fourth-order valence-electron chi connectivity index (χ4n) is 2.45. The van der Waals surface area contributed by atoms with Gasteiger partial charge < -0.3 is 10.1 Å². The Morgan fingerprint density at radius 3 is 2.72 bits per heavy atom. The van der Waals surface area contributed by atoms with Crippen molar-refractivity contribution in [2.24, 2.45) is 0 Å². The van der Waals surface area contributed by atoms with Gasteiger partial charge in [-0.15, -0.1) is 0 Å². The van der Waals surface area contributed by atoms with E-state index in [1.165, 1.54) is 12.1 Å². The molecule has 3 rings (SSSR count). The van der Waals surface area contributed by atoms with Gasteiger partial charge in [-0.25, -0.2) is 4.39 Å². The smallest absolute Gasteiger partial charge is 0.255 e. The first-order valence-electron chi connectivity index (χ1n) is 7.83. The Hall–Kier alpha value is -3.15. The van der Waals surface area contributed by atoms with Crippen LogP contribution in [-0.2, 0) is 6.61 Å². The van der Waals surface area contributed by atoms with Crippen LogP contribution in [-0.4, -0.2) is 16.1 Å². The molecule has 0 spiro atoms. The van der Waals surface area contributed by atoms with Crippen LogP contribution < -0.4 is 10.1 Å². The minimum absolute atomic E-state index is 0.222. The predicted octanol–water partition coefficient (Wildman–Crippen LogP) is 4.00. The maximum Gasteiger partial charge on any atom is 0.255 e. The molecule has 1 heterocycles. The maximum absolute atomic E-state index is 13.2. The third-order valence-corrected chi connectivity index (χ3v) is 3.76. The second-order valence-corrected chi connectivity index (χ2v) is 5.71. The Balaban J connectivity index is 1.69. The molecule has 6 heteroatoms. The highest BCUT2D eigenvalue weighted by atomic mass is 19.1. The van der Waals surface area contributed by atoms with E-state index in [1.807, 2.05) is 19.9 Å². The third kappa shape index (κ3) is 4.03. The number of hydrogen-bond donors (Lipinski definition) is 2. The van der Waals surface area contributed by atoms with Crippen LogP contribution in [0, 0.1) is 19.7 Å². The van der Waals surface area contributed by atoms with Gasteiger partial charge in [-0.2, -0.15) is 5.10 Å². The Morgan fingerprint density at radius 2 is 2.00 bits per heavy atom. The number of nitrogens with zero attached hydrogens (tertiary/aromatic N) is 1. The van der Waals surface area contributed by atoms with Crippen LogP contribution in [0.25, 0.3) is 0 Å². The molecule has 0 saturated carbocycles. The number of carbonyl (C=O) groups excluding carboxylic acids is 1. The summed E-state index contributed by atoms with van der Waals surface area (Å²) in [6.07, 6.45) is 0. The number of anilines is 1. The number of aromatic amines is 1. The van der Waals surface area contributed by atoms with Gasteiger partial charge in [-0.05, 0) is 43.7 Å². The molecule has 5 nitrogen and oxygen atoms in total.